The highest BCUT2D eigenvalue weighted by Gasteiger charge is 2.28. The number of nitrogens with two attached hydrogens (primary N) is 1. The summed E-state index contributed by atoms with van der Waals surface area (Å²) in [4.78, 5) is 26.8. The van der Waals surface area contributed by atoms with E-state index in [0.29, 0.717) is 30.5 Å². The topological polar surface area (TPSA) is 111 Å². The molecule has 1 saturated heterocycles. The Labute approximate surface area is 158 Å². The molecule has 146 valence electrons. The molecule has 1 aliphatic heterocycles. The monoisotopic (exact) mass is 373 g/mol. The summed E-state index contributed by atoms with van der Waals surface area (Å²) in [6.45, 7) is 5.23. The van der Waals surface area contributed by atoms with E-state index in [1.165, 1.54) is 6.33 Å². The lowest BCUT2D eigenvalue weighted by atomic mass is 9.98. The van der Waals surface area contributed by atoms with Crippen molar-refractivity contribution in [1.29, 1.82) is 0 Å². The van der Waals surface area contributed by atoms with Crippen molar-refractivity contribution in [2.75, 3.05) is 42.2 Å². The normalized spacial score (nSPS) is 16.9. The molecule has 9 heteroatoms. The quantitative estimate of drug-likeness (QED) is 0.529. The molecule has 1 fully saturated rings. The number of carbonyl (C=O) groups is 1. The molecule has 27 heavy (non-hydrogen) atoms. The predicted octanol–water partition coefficient (Wildman–Crippen LogP) is 1.54. The largest absolute Gasteiger partial charge is 0.466 e. The zero-order chi connectivity index (χ0) is 19.1. The maximum Gasteiger partial charge on any atom is 0.310 e. The molecule has 0 aromatic carbocycles. The minimum atomic E-state index is -0.146. The first kappa shape index (κ1) is 18.9. The first-order chi connectivity index (χ1) is 13.2. The van der Waals surface area contributed by atoms with E-state index in [1.807, 2.05) is 17.7 Å². The van der Waals surface area contributed by atoms with Crippen molar-refractivity contribution < 1.29 is 9.53 Å². The van der Waals surface area contributed by atoms with Crippen LogP contribution in [0.5, 0.6) is 0 Å². The van der Waals surface area contributed by atoms with Crippen molar-refractivity contribution in [2.24, 2.45) is 5.92 Å². The minimum Gasteiger partial charge on any atom is -0.466 e. The van der Waals surface area contributed by atoms with Crippen LogP contribution in [0.15, 0.2) is 25.0 Å². The van der Waals surface area contributed by atoms with Crippen molar-refractivity contribution in [3.63, 3.8) is 0 Å². The SMILES string of the molecule is CCOC(=O)C1CCCN(c2ncnc(NCCCn3ccnc3)c2N)C1. The minimum absolute atomic E-state index is 0.139. The highest BCUT2D eigenvalue weighted by atomic mass is 16.5. The number of carbonyl (C=O) groups excluding carboxylic acids is 1. The van der Waals surface area contributed by atoms with Gasteiger partial charge in [0, 0.05) is 38.6 Å². The van der Waals surface area contributed by atoms with Crippen molar-refractivity contribution in [3.8, 4) is 0 Å². The van der Waals surface area contributed by atoms with Gasteiger partial charge in [-0.3, -0.25) is 4.79 Å². The number of nitrogens with one attached hydrogen (secondary N) is 1. The van der Waals surface area contributed by atoms with Gasteiger partial charge in [0.1, 0.15) is 12.0 Å². The zero-order valence-electron chi connectivity index (χ0n) is 15.7. The Kier molecular flexibility index (Phi) is 6.45. The van der Waals surface area contributed by atoms with Crippen LogP contribution in [-0.4, -0.2) is 51.7 Å². The molecular weight excluding hydrogens is 346 g/mol. The van der Waals surface area contributed by atoms with Crippen LogP contribution in [0.4, 0.5) is 17.3 Å². The molecule has 2 aromatic rings. The smallest absolute Gasteiger partial charge is 0.310 e. The number of anilines is 3. The number of aryl methyl sites for hydroxylation is 1. The Balaban J connectivity index is 1.59. The molecule has 1 aliphatic rings. The molecule has 0 amide bonds. The van der Waals surface area contributed by atoms with Crippen molar-refractivity contribution in [3.05, 3.63) is 25.0 Å². The third-order valence-corrected chi connectivity index (χ3v) is 4.65. The fraction of sp³-hybridized carbons (Fsp3) is 0.556. The van der Waals surface area contributed by atoms with E-state index in [1.54, 1.807) is 12.5 Å². The first-order valence-corrected chi connectivity index (χ1v) is 9.40. The van der Waals surface area contributed by atoms with Gasteiger partial charge in [0.15, 0.2) is 11.6 Å². The van der Waals surface area contributed by atoms with E-state index in [4.69, 9.17) is 10.5 Å². The summed E-state index contributed by atoms with van der Waals surface area (Å²) in [5, 5.41) is 3.28. The Morgan fingerprint density at radius 2 is 2.33 bits per heavy atom. The Morgan fingerprint density at radius 1 is 1.44 bits per heavy atom. The highest BCUT2D eigenvalue weighted by molar-refractivity contribution is 5.77. The van der Waals surface area contributed by atoms with E-state index in [9.17, 15) is 4.79 Å². The van der Waals surface area contributed by atoms with Gasteiger partial charge in [-0.2, -0.15) is 0 Å². The van der Waals surface area contributed by atoms with Crippen LogP contribution in [0.1, 0.15) is 26.2 Å². The van der Waals surface area contributed by atoms with Crippen LogP contribution in [0, 0.1) is 5.92 Å². The summed E-state index contributed by atoms with van der Waals surface area (Å²) in [6, 6.07) is 0. The van der Waals surface area contributed by atoms with Crippen LogP contribution in [-0.2, 0) is 16.1 Å². The second-order valence-corrected chi connectivity index (χ2v) is 6.58. The van der Waals surface area contributed by atoms with Gasteiger partial charge in [0.2, 0.25) is 0 Å². The third kappa shape index (κ3) is 4.87. The molecule has 1 unspecified atom stereocenters. The van der Waals surface area contributed by atoms with Gasteiger partial charge < -0.3 is 25.3 Å². The summed E-state index contributed by atoms with van der Waals surface area (Å²) >= 11 is 0. The third-order valence-electron chi connectivity index (χ3n) is 4.65. The molecule has 0 aliphatic carbocycles. The van der Waals surface area contributed by atoms with E-state index in [2.05, 4.69) is 25.2 Å². The maximum atomic E-state index is 12.1. The number of ether oxygens (including phenoxy) is 1. The summed E-state index contributed by atoms with van der Waals surface area (Å²) in [7, 11) is 0. The molecule has 2 aromatic heterocycles. The molecule has 3 rings (SSSR count). The second-order valence-electron chi connectivity index (χ2n) is 6.58. The van der Waals surface area contributed by atoms with Gasteiger partial charge in [-0.1, -0.05) is 0 Å². The molecule has 9 nitrogen and oxygen atoms in total. The Bertz CT molecular complexity index is 735. The predicted molar refractivity (Wildman–Crippen MR) is 103 cm³/mol. The van der Waals surface area contributed by atoms with Gasteiger partial charge in [-0.15, -0.1) is 0 Å². The van der Waals surface area contributed by atoms with Crippen molar-refractivity contribution >= 4 is 23.3 Å². The molecule has 1 atom stereocenters. The van der Waals surface area contributed by atoms with Gasteiger partial charge in [-0.05, 0) is 26.2 Å². The number of nitrogens with zero attached hydrogens (tertiary/aromatic N) is 5. The van der Waals surface area contributed by atoms with E-state index < -0.39 is 0 Å². The second kappa shape index (κ2) is 9.20. The number of hydrogen-bond acceptors (Lipinski definition) is 8. The molecule has 3 heterocycles. The number of piperidine rings is 1. The Morgan fingerprint density at radius 3 is 3.11 bits per heavy atom. The number of esters is 1. The van der Waals surface area contributed by atoms with E-state index >= 15 is 0 Å². The van der Waals surface area contributed by atoms with Crippen LogP contribution < -0.4 is 16.0 Å². The fourth-order valence-electron chi connectivity index (χ4n) is 3.29. The van der Waals surface area contributed by atoms with E-state index in [0.717, 1.165) is 38.9 Å². The number of rotatable bonds is 8. The molecule has 0 spiro atoms. The summed E-state index contributed by atoms with van der Waals surface area (Å²) in [5.74, 6) is 1.02. The van der Waals surface area contributed by atoms with Crippen LogP contribution >= 0.6 is 0 Å². The summed E-state index contributed by atoms with van der Waals surface area (Å²) < 4.78 is 7.19. The maximum absolute atomic E-state index is 12.1. The standard InChI is InChI=1S/C18H27N7O2/c1-2-27-18(26)14-5-3-9-25(11-14)17-15(19)16(22-12-23-17)21-6-4-8-24-10-7-20-13-24/h7,10,12-14H,2-6,8-9,11,19H2,1H3,(H,21,22,23). The van der Waals surface area contributed by atoms with Crippen LogP contribution in [0.2, 0.25) is 0 Å². The lowest BCUT2D eigenvalue weighted by Crippen LogP contribution is -2.40. The van der Waals surface area contributed by atoms with Crippen LogP contribution in [0.25, 0.3) is 0 Å². The molecule has 3 N–H and O–H groups in total. The number of hydrogen-bond donors (Lipinski definition) is 2. The van der Waals surface area contributed by atoms with Gasteiger partial charge in [0.25, 0.3) is 0 Å². The van der Waals surface area contributed by atoms with Crippen LogP contribution in [0.3, 0.4) is 0 Å². The summed E-state index contributed by atoms with van der Waals surface area (Å²) in [6.07, 6.45) is 9.67. The summed E-state index contributed by atoms with van der Waals surface area (Å²) in [5.41, 5.74) is 6.83. The number of aromatic nitrogens is 4. The van der Waals surface area contributed by atoms with Crippen molar-refractivity contribution in [1.82, 2.24) is 19.5 Å². The average molecular weight is 373 g/mol. The number of nitrogen functional groups attached to an aromatic ring is 1. The fourth-order valence-corrected chi connectivity index (χ4v) is 3.29. The molecule has 0 bridgehead atoms. The number of imidazole rings is 1. The lowest BCUT2D eigenvalue weighted by Gasteiger charge is -2.33. The average Bonchev–Trinajstić information content (AvgIpc) is 3.20. The van der Waals surface area contributed by atoms with Crippen molar-refractivity contribution in [2.45, 2.75) is 32.7 Å². The molecule has 0 saturated carbocycles. The molecule has 0 radical (unpaired) electrons. The van der Waals surface area contributed by atoms with Gasteiger partial charge in [-0.25, -0.2) is 15.0 Å². The van der Waals surface area contributed by atoms with Gasteiger partial charge in [0.05, 0.1) is 18.9 Å². The zero-order valence-corrected chi connectivity index (χ0v) is 15.7. The molecular formula is C18H27N7O2. The van der Waals surface area contributed by atoms with E-state index in [-0.39, 0.29) is 11.9 Å². The first-order valence-electron chi connectivity index (χ1n) is 9.40. The Hall–Kier alpha value is -2.84. The van der Waals surface area contributed by atoms with Gasteiger partial charge >= 0.3 is 5.97 Å². The lowest BCUT2D eigenvalue weighted by molar-refractivity contribution is -0.148. The highest BCUT2D eigenvalue weighted by Crippen LogP contribution is 2.30.